The molecule has 1 heterocycles. The second kappa shape index (κ2) is 5.32. The summed E-state index contributed by atoms with van der Waals surface area (Å²) in [4.78, 5) is 3.33. The second-order valence-corrected chi connectivity index (χ2v) is 2.35. The minimum Gasteiger partial charge on any atom is -0.264 e. The fourth-order valence-corrected chi connectivity index (χ4v) is 0.530. The highest BCUT2D eigenvalue weighted by molar-refractivity contribution is 7.59. The van der Waals surface area contributed by atoms with Gasteiger partial charge in [-0.05, 0) is 12.1 Å². The summed E-state index contributed by atoms with van der Waals surface area (Å²) in [6, 6.07) is 2.23. The van der Waals surface area contributed by atoms with Gasteiger partial charge < -0.3 is 0 Å². The largest absolute Gasteiger partial charge is 0.425 e. The molecule has 0 atom stereocenters. The van der Waals surface area contributed by atoms with Gasteiger partial charge in [0.25, 0.3) is 0 Å². The highest BCUT2D eigenvalue weighted by Gasteiger charge is 2.30. The Balaban J connectivity index is 0.000000364. The molecule has 14 heavy (non-hydrogen) atoms. The monoisotopic (exact) mass is 227 g/mol. The molecule has 0 unspecified atom stereocenters. The summed E-state index contributed by atoms with van der Waals surface area (Å²) in [5.41, 5.74) is -0.713. The van der Waals surface area contributed by atoms with Gasteiger partial charge in [0.2, 0.25) is 0 Å². The fraction of sp³-hybridized carbons (Fsp3) is 0.167. The van der Waals surface area contributed by atoms with Gasteiger partial charge in [-0.3, -0.25) is 4.98 Å². The zero-order chi connectivity index (χ0) is 11.2. The van der Waals surface area contributed by atoms with E-state index in [9.17, 15) is 13.2 Å². The number of hydrogen-bond acceptors (Lipinski definition) is 4. The molecular formula is C6H4F3NO3S. The molecule has 0 N–H and O–H groups in total. The molecule has 8 heteroatoms. The van der Waals surface area contributed by atoms with E-state index >= 15 is 0 Å². The van der Waals surface area contributed by atoms with E-state index in [1.54, 1.807) is 0 Å². The highest BCUT2D eigenvalue weighted by Crippen LogP contribution is 2.27. The van der Waals surface area contributed by atoms with Crippen molar-refractivity contribution in [1.82, 2.24) is 4.98 Å². The van der Waals surface area contributed by atoms with Gasteiger partial charge in [-0.1, -0.05) is 0 Å². The first kappa shape index (κ1) is 12.6. The van der Waals surface area contributed by atoms with Crippen LogP contribution in [0.2, 0.25) is 0 Å². The highest BCUT2D eigenvalue weighted by atomic mass is 32.2. The number of alkyl halides is 3. The maximum atomic E-state index is 11.7. The Morgan fingerprint density at radius 2 is 1.71 bits per heavy atom. The molecule has 0 spiro atoms. The number of hydrogen-bond donors (Lipinski definition) is 0. The van der Waals surface area contributed by atoms with Crippen molar-refractivity contribution in [3.05, 3.63) is 30.1 Å². The number of halogens is 3. The molecule has 1 rings (SSSR count). The third-order valence-electron chi connectivity index (χ3n) is 0.989. The minimum atomic E-state index is -4.27. The molecule has 4 nitrogen and oxygen atoms in total. The summed E-state index contributed by atoms with van der Waals surface area (Å²) in [5, 5.41) is 0. The van der Waals surface area contributed by atoms with Crippen LogP contribution in [0.1, 0.15) is 5.56 Å². The van der Waals surface area contributed by atoms with Crippen LogP contribution < -0.4 is 0 Å². The number of rotatable bonds is 0. The van der Waals surface area contributed by atoms with E-state index < -0.39 is 22.3 Å². The van der Waals surface area contributed by atoms with Crippen molar-refractivity contribution in [2.24, 2.45) is 0 Å². The lowest BCUT2D eigenvalue weighted by Crippen LogP contribution is -2.04. The lowest BCUT2D eigenvalue weighted by molar-refractivity contribution is -0.137. The van der Waals surface area contributed by atoms with Crippen molar-refractivity contribution in [2.75, 3.05) is 0 Å². The van der Waals surface area contributed by atoms with Crippen LogP contribution in [0.5, 0.6) is 0 Å². The van der Waals surface area contributed by atoms with Crippen molar-refractivity contribution in [3.8, 4) is 0 Å². The maximum absolute atomic E-state index is 11.7. The molecule has 0 aliphatic rings. The lowest BCUT2D eigenvalue weighted by atomic mass is 10.3. The predicted octanol–water partition coefficient (Wildman–Crippen LogP) is 1.10. The second-order valence-electron chi connectivity index (χ2n) is 1.94. The van der Waals surface area contributed by atoms with Crippen LogP contribution in [0.15, 0.2) is 24.5 Å². The van der Waals surface area contributed by atoms with Gasteiger partial charge in [0.05, 0.1) is 5.56 Å². The Bertz CT molecular complexity index is 365. The lowest BCUT2D eigenvalue weighted by Gasteiger charge is -2.03. The first-order chi connectivity index (χ1) is 6.34. The van der Waals surface area contributed by atoms with Crippen molar-refractivity contribution in [1.29, 1.82) is 0 Å². The van der Waals surface area contributed by atoms with E-state index in [2.05, 4.69) is 4.98 Å². The fourth-order valence-electron chi connectivity index (χ4n) is 0.530. The standard InChI is InChI=1S/C6H4F3N.O3S/c7-6(8,9)5-2-1-3-10-4-5;1-4(2)3/h1-4H;. The minimum absolute atomic E-state index is 0.713. The van der Waals surface area contributed by atoms with Crippen LogP contribution in [0.3, 0.4) is 0 Å². The van der Waals surface area contributed by atoms with Crippen LogP contribution in [0, 0.1) is 0 Å². The Kier molecular flexibility index (Phi) is 4.78. The molecule has 0 amide bonds. The average molecular weight is 227 g/mol. The van der Waals surface area contributed by atoms with Gasteiger partial charge in [0, 0.05) is 12.4 Å². The van der Waals surface area contributed by atoms with Crippen molar-refractivity contribution in [3.63, 3.8) is 0 Å². The van der Waals surface area contributed by atoms with Gasteiger partial charge in [-0.15, -0.1) is 12.6 Å². The molecule has 0 aliphatic heterocycles. The molecular weight excluding hydrogens is 223 g/mol. The van der Waals surface area contributed by atoms with Gasteiger partial charge in [-0.25, -0.2) is 0 Å². The molecule has 0 saturated heterocycles. The molecule has 1 aromatic heterocycles. The summed E-state index contributed by atoms with van der Waals surface area (Å²) < 4.78 is 60.6. The van der Waals surface area contributed by atoms with Crippen LogP contribution in [0.25, 0.3) is 0 Å². The maximum Gasteiger partial charge on any atom is 0.425 e. The zero-order valence-corrected chi connectivity index (χ0v) is 7.34. The van der Waals surface area contributed by atoms with Crippen molar-refractivity contribution < 1.29 is 25.8 Å². The van der Waals surface area contributed by atoms with Crippen LogP contribution >= 0.6 is 0 Å². The summed E-state index contributed by atoms with van der Waals surface area (Å²) in [6.07, 6.45) is -2.18. The topological polar surface area (TPSA) is 64.1 Å². The Labute approximate surface area is 78.5 Å². The first-order valence-corrected chi connectivity index (χ1v) is 4.08. The molecule has 0 saturated carbocycles. The molecule has 78 valence electrons. The SMILES string of the molecule is FC(F)(F)c1cccnc1.O=S(=O)=O. The Morgan fingerprint density at radius 1 is 1.21 bits per heavy atom. The third-order valence-corrected chi connectivity index (χ3v) is 0.989. The molecule has 0 aliphatic carbocycles. The molecule has 0 aromatic carbocycles. The van der Waals surface area contributed by atoms with Gasteiger partial charge in [0.15, 0.2) is 0 Å². The van der Waals surface area contributed by atoms with Gasteiger partial charge >= 0.3 is 16.8 Å². The molecule has 1 aromatic rings. The molecule has 0 fully saturated rings. The van der Waals surface area contributed by atoms with Crippen LogP contribution in [-0.2, 0) is 16.8 Å². The third kappa shape index (κ3) is 6.12. The van der Waals surface area contributed by atoms with E-state index in [0.29, 0.717) is 0 Å². The predicted molar refractivity (Wildman–Crippen MR) is 38.9 cm³/mol. The summed E-state index contributed by atoms with van der Waals surface area (Å²) >= 11 is 0. The zero-order valence-electron chi connectivity index (χ0n) is 6.52. The van der Waals surface area contributed by atoms with Gasteiger partial charge in [0.1, 0.15) is 0 Å². The quantitative estimate of drug-likeness (QED) is 0.665. The van der Waals surface area contributed by atoms with Crippen LogP contribution in [-0.4, -0.2) is 17.6 Å². The number of aromatic nitrogens is 1. The average Bonchev–Trinajstić information content (AvgIpc) is 2.03. The number of nitrogens with zero attached hydrogens (tertiary/aromatic N) is 1. The van der Waals surface area contributed by atoms with E-state index in [4.69, 9.17) is 12.6 Å². The Hall–Kier alpha value is -1.44. The van der Waals surface area contributed by atoms with Crippen molar-refractivity contribution >= 4 is 10.6 Å². The van der Waals surface area contributed by atoms with E-state index in [1.165, 1.54) is 12.3 Å². The van der Waals surface area contributed by atoms with E-state index in [0.717, 1.165) is 12.3 Å². The summed E-state index contributed by atoms with van der Waals surface area (Å²) in [6.45, 7) is 0. The summed E-state index contributed by atoms with van der Waals surface area (Å²) in [5.74, 6) is 0. The smallest absolute Gasteiger partial charge is 0.264 e. The molecule has 0 radical (unpaired) electrons. The first-order valence-electron chi connectivity index (χ1n) is 3.08. The van der Waals surface area contributed by atoms with Crippen molar-refractivity contribution in [2.45, 2.75) is 6.18 Å². The summed E-state index contributed by atoms with van der Waals surface area (Å²) in [7, 11) is -3.11. The molecule has 0 bridgehead atoms. The van der Waals surface area contributed by atoms with E-state index in [1.807, 2.05) is 0 Å². The normalized spacial score (nSPS) is 9.93. The van der Waals surface area contributed by atoms with Crippen LogP contribution in [0.4, 0.5) is 13.2 Å². The Morgan fingerprint density at radius 3 is 1.93 bits per heavy atom. The number of pyridine rings is 1. The van der Waals surface area contributed by atoms with E-state index in [-0.39, 0.29) is 0 Å². The van der Waals surface area contributed by atoms with Gasteiger partial charge in [-0.2, -0.15) is 13.2 Å².